The maximum absolute atomic E-state index is 10.1. The lowest BCUT2D eigenvalue weighted by Gasteiger charge is -2.39. The monoisotopic (exact) mass is 782 g/mol. The molecule has 1 N–H and O–H groups in total. The normalized spacial score (nSPS) is 16.6. The molecule has 0 bridgehead atoms. The lowest BCUT2D eigenvalue weighted by atomic mass is 9.65. The van der Waals surface area contributed by atoms with Gasteiger partial charge < -0.3 is 19.3 Å². The maximum atomic E-state index is 10.1. The van der Waals surface area contributed by atoms with E-state index in [1.54, 1.807) is 0 Å². The van der Waals surface area contributed by atoms with Crippen molar-refractivity contribution < 1.29 is 19.3 Å². The van der Waals surface area contributed by atoms with Gasteiger partial charge in [0.15, 0.2) is 0 Å². The molecule has 202 valence electrons. The van der Waals surface area contributed by atoms with Gasteiger partial charge in [-0.3, -0.25) is 0 Å². The number of rotatable bonds is 12. The number of alkyl halides is 1. The summed E-state index contributed by atoms with van der Waals surface area (Å²) in [4.78, 5) is 0. The van der Waals surface area contributed by atoms with E-state index in [1.165, 1.54) is 17.5 Å². The molecule has 9 heteroatoms. The second-order valence-electron chi connectivity index (χ2n) is 9.44. The first-order valence-electron chi connectivity index (χ1n) is 12.2. The first-order chi connectivity index (χ1) is 17.7. The molecular formula is C28H31Br4ClO4. The van der Waals surface area contributed by atoms with Crippen LogP contribution in [0.4, 0.5) is 0 Å². The van der Waals surface area contributed by atoms with E-state index in [2.05, 4.69) is 101 Å². The molecule has 0 saturated heterocycles. The Kier molecular flexibility index (Phi) is 12.6. The minimum Gasteiger partial charge on any atom is -0.491 e. The predicted molar refractivity (Wildman–Crippen MR) is 164 cm³/mol. The van der Waals surface area contributed by atoms with E-state index in [-0.39, 0.29) is 31.2 Å². The molecule has 0 unspecified atom stereocenters. The molecule has 0 radical (unpaired) electrons. The van der Waals surface area contributed by atoms with Crippen LogP contribution in [0.25, 0.3) is 0 Å². The Morgan fingerprint density at radius 1 is 0.892 bits per heavy atom. The number of benzene rings is 2. The van der Waals surface area contributed by atoms with E-state index >= 15 is 0 Å². The molecule has 0 aliphatic heterocycles. The van der Waals surface area contributed by atoms with Gasteiger partial charge in [0, 0.05) is 17.2 Å². The summed E-state index contributed by atoms with van der Waals surface area (Å²) < 4.78 is 20.7. The van der Waals surface area contributed by atoms with Gasteiger partial charge in [-0.05, 0) is 112 Å². The van der Waals surface area contributed by atoms with Gasteiger partial charge in [-0.2, -0.15) is 0 Å². The van der Waals surface area contributed by atoms with Crippen LogP contribution in [-0.4, -0.2) is 43.5 Å². The molecule has 0 heterocycles. The van der Waals surface area contributed by atoms with Crippen LogP contribution in [-0.2, 0) is 10.2 Å². The van der Waals surface area contributed by atoms with Crippen LogP contribution in [0.15, 0.2) is 42.2 Å². The molecule has 4 nitrogen and oxygen atoms in total. The quantitative estimate of drug-likeness (QED) is 0.133. The number of aliphatic hydroxyl groups is 1. The molecule has 1 saturated carbocycles. The second-order valence-corrected chi connectivity index (χ2v) is 13.2. The summed E-state index contributed by atoms with van der Waals surface area (Å²) in [6.45, 7) is 2.99. The van der Waals surface area contributed by atoms with E-state index in [9.17, 15) is 5.11 Å². The minimum absolute atomic E-state index is 0.0932. The van der Waals surface area contributed by atoms with Crippen molar-refractivity contribution in [1.29, 1.82) is 0 Å². The van der Waals surface area contributed by atoms with Crippen LogP contribution in [0.2, 0.25) is 0 Å². The third-order valence-electron chi connectivity index (χ3n) is 6.50. The Balaban J connectivity index is 1.90. The van der Waals surface area contributed by atoms with Crippen molar-refractivity contribution in [3.8, 4) is 23.8 Å². The Bertz CT molecular complexity index is 1050. The molecule has 1 fully saturated rings. The van der Waals surface area contributed by atoms with Crippen molar-refractivity contribution in [3.63, 3.8) is 0 Å². The highest BCUT2D eigenvalue weighted by Crippen LogP contribution is 2.50. The Labute approximate surface area is 258 Å². The summed E-state index contributed by atoms with van der Waals surface area (Å²) in [6.07, 6.45) is 10.0. The zero-order valence-corrected chi connectivity index (χ0v) is 27.8. The Morgan fingerprint density at radius 3 is 1.84 bits per heavy atom. The van der Waals surface area contributed by atoms with Crippen molar-refractivity contribution in [2.75, 3.05) is 32.3 Å². The zero-order chi connectivity index (χ0) is 27.0. The molecule has 0 spiro atoms. The van der Waals surface area contributed by atoms with Crippen molar-refractivity contribution in [2.45, 2.75) is 50.5 Å². The summed E-state index contributed by atoms with van der Waals surface area (Å²) in [5, 5.41) is 10.1. The number of hydrogen-bond acceptors (Lipinski definition) is 4. The van der Waals surface area contributed by atoms with E-state index < -0.39 is 6.10 Å². The van der Waals surface area contributed by atoms with Crippen LogP contribution < -0.4 is 9.47 Å². The summed E-state index contributed by atoms with van der Waals surface area (Å²) in [6, 6.07) is 8.66. The smallest absolute Gasteiger partial charge is 0.147 e. The average Bonchev–Trinajstić information content (AvgIpc) is 2.87. The van der Waals surface area contributed by atoms with Gasteiger partial charge in [0.2, 0.25) is 0 Å². The first kappa shape index (κ1) is 31.3. The van der Waals surface area contributed by atoms with E-state index in [0.29, 0.717) is 18.2 Å². The van der Waals surface area contributed by atoms with Gasteiger partial charge in [0.25, 0.3) is 0 Å². The number of hydrogen-bond donors (Lipinski definition) is 1. The second kappa shape index (κ2) is 14.9. The molecule has 1 aliphatic rings. The summed E-state index contributed by atoms with van der Waals surface area (Å²) >= 11 is 20.9. The van der Waals surface area contributed by atoms with Crippen LogP contribution in [0, 0.1) is 18.3 Å². The Hall–Kier alpha value is -0.270. The predicted octanol–water partition coefficient (Wildman–Crippen LogP) is 8.63. The molecule has 0 amide bonds. The fraction of sp³-hybridized carbons (Fsp3) is 0.500. The molecule has 37 heavy (non-hydrogen) atoms. The van der Waals surface area contributed by atoms with Crippen LogP contribution in [0.1, 0.15) is 50.2 Å². The van der Waals surface area contributed by atoms with Gasteiger partial charge in [-0.1, -0.05) is 32.1 Å². The van der Waals surface area contributed by atoms with Gasteiger partial charge in [0.1, 0.15) is 30.8 Å². The van der Waals surface area contributed by atoms with Gasteiger partial charge in [0.05, 0.1) is 31.1 Å². The summed E-state index contributed by atoms with van der Waals surface area (Å²) in [7, 11) is 0. The van der Waals surface area contributed by atoms with E-state index in [1.807, 2.05) is 0 Å². The van der Waals surface area contributed by atoms with E-state index in [0.717, 1.165) is 49.3 Å². The highest BCUT2D eigenvalue weighted by atomic mass is 79.9. The summed E-state index contributed by atoms with van der Waals surface area (Å²) in [5.41, 5.74) is 2.29. The average molecular weight is 787 g/mol. The van der Waals surface area contributed by atoms with Gasteiger partial charge in [-0.25, -0.2) is 0 Å². The third kappa shape index (κ3) is 8.13. The summed E-state index contributed by atoms with van der Waals surface area (Å²) in [5.74, 6) is 4.64. The van der Waals surface area contributed by atoms with Gasteiger partial charge in [-0.15, -0.1) is 18.0 Å². The van der Waals surface area contributed by atoms with Crippen LogP contribution in [0.5, 0.6) is 11.5 Å². The maximum Gasteiger partial charge on any atom is 0.147 e. The van der Waals surface area contributed by atoms with Crippen LogP contribution in [0.3, 0.4) is 0 Å². The highest BCUT2D eigenvalue weighted by Gasteiger charge is 2.37. The molecule has 1 aliphatic carbocycles. The Morgan fingerprint density at radius 2 is 1.38 bits per heavy atom. The van der Waals surface area contributed by atoms with Crippen molar-refractivity contribution in [1.82, 2.24) is 0 Å². The SMILES string of the molecule is C#CCOC[C@@H](O)COc1c(Br)cc(C2(c3cc(Br)c(OC[C@H](C)CCl)c(Br)c3)CCCCC2)cc1Br. The molecule has 2 atom stereocenters. The molecule has 0 aromatic heterocycles. The van der Waals surface area contributed by atoms with Crippen LogP contribution >= 0.6 is 75.3 Å². The standard InChI is InChI=1S/C28H31Br4ClO4/c1-3-9-35-16-21(34)17-37-27-24(31)12-20(13-25(27)32)28(7-5-4-6-8-28)19-10-22(29)26(23(30)11-19)36-15-18(2)14-33/h1,10-13,18,21,34H,4-9,14-17H2,2H3/t18-,21-/m1/s1. The minimum atomic E-state index is -0.778. The zero-order valence-electron chi connectivity index (χ0n) is 20.7. The van der Waals surface area contributed by atoms with Crippen molar-refractivity contribution in [3.05, 3.63) is 53.3 Å². The lowest BCUT2D eigenvalue weighted by molar-refractivity contribution is 0.0225. The largest absolute Gasteiger partial charge is 0.491 e. The lowest BCUT2D eigenvalue weighted by Crippen LogP contribution is -2.31. The molecule has 3 rings (SSSR count). The molecule has 2 aromatic carbocycles. The number of ether oxygens (including phenoxy) is 3. The fourth-order valence-corrected chi connectivity index (χ4v) is 7.52. The third-order valence-corrected chi connectivity index (χ3v) is 9.38. The molecular weight excluding hydrogens is 755 g/mol. The number of terminal acetylenes is 1. The van der Waals surface area contributed by atoms with Gasteiger partial charge >= 0.3 is 0 Å². The highest BCUT2D eigenvalue weighted by molar-refractivity contribution is 9.11. The topological polar surface area (TPSA) is 47.9 Å². The van der Waals surface area contributed by atoms with Crippen molar-refractivity contribution >= 4 is 75.3 Å². The molecule has 2 aromatic rings. The number of aliphatic hydroxyl groups excluding tert-OH is 1. The van der Waals surface area contributed by atoms with Crippen molar-refractivity contribution in [2.24, 2.45) is 5.92 Å². The first-order valence-corrected chi connectivity index (χ1v) is 15.9. The fourth-order valence-electron chi connectivity index (χ4n) is 4.60. The number of halogens is 5. The van der Waals surface area contributed by atoms with E-state index in [4.69, 9.17) is 32.2 Å².